The van der Waals surface area contributed by atoms with E-state index in [1.54, 1.807) is 6.26 Å². The van der Waals surface area contributed by atoms with Crippen LogP contribution in [0.15, 0.2) is 39.5 Å². The van der Waals surface area contributed by atoms with E-state index in [0.29, 0.717) is 11.7 Å². The summed E-state index contributed by atoms with van der Waals surface area (Å²) in [7, 11) is 1.93. The molecule has 2 aromatic heterocycles. The zero-order valence-electron chi connectivity index (χ0n) is 10.7. The number of fused-ring (bicyclic) bond motifs is 1. The van der Waals surface area contributed by atoms with Gasteiger partial charge in [0.25, 0.3) is 0 Å². The van der Waals surface area contributed by atoms with E-state index in [9.17, 15) is 0 Å². The first kappa shape index (κ1) is 11.9. The van der Waals surface area contributed by atoms with Crippen molar-refractivity contribution in [1.29, 1.82) is 0 Å². The van der Waals surface area contributed by atoms with Gasteiger partial charge < -0.3 is 14.3 Å². The Morgan fingerprint density at radius 3 is 3.05 bits per heavy atom. The Kier molecular flexibility index (Phi) is 3.29. The summed E-state index contributed by atoms with van der Waals surface area (Å²) in [6.07, 6.45) is 3.43. The summed E-state index contributed by atoms with van der Waals surface area (Å²) >= 11 is 0. The van der Waals surface area contributed by atoms with Crippen LogP contribution in [0.1, 0.15) is 12.3 Å². The van der Waals surface area contributed by atoms with Gasteiger partial charge in [0.05, 0.1) is 5.56 Å². The van der Waals surface area contributed by atoms with Crippen molar-refractivity contribution in [3.63, 3.8) is 0 Å². The van der Waals surface area contributed by atoms with Crippen LogP contribution in [0.25, 0.3) is 22.4 Å². The van der Waals surface area contributed by atoms with E-state index >= 15 is 0 Å². The first-order chi connectivity index (χ1) is 9.38. The monoisotopic (exact) mass is 257 g/mol. The lowest BCUT2D eigenvalue weighted by Crippen LogP contribution is -2.08. The van der Waals surface area contributed by atoms with E-state index in [2.05, 4.69) is 15.5 Å². The fourth-order valence-corrected chi connectivity index (χ4v) is 2.03. The molecule has 1 N–H and O–H groups in total. The Labute approximate surface area is 110 Å². The van der Waals surface area contributed by atoms with E-state index in [0.717, 1.165) is 35.9 Å². The standard InChI is InChI=1S/C14H15N3O2/c1-15-8-4-7-13-16-14(17-19-13)11-9-18-12-6-3-2-5-10(11)12/h2-3,5-6,9,15H,4,7-8H2,1H3. The van der Waals surface area contributed by atoms with Crippen LogP contribution in [0.2, 0.25) is 0 Å². The molecule has 3 rings (SSSR count). The number of hydrogen-bond donors (Lipinski definition) is 1. The van der Waals surface area contributed by atoms with Gasteiger partial charge in [-0.3, -0.25) is 0 Å². The third-order valence-electron chi connectivity index (χ3n) is 3.01. The van der Waals surface area contributed by atoms with Crippen LogP contribution in [0.5, 0.6) is 0 Å². The second-order valence-corrected chi connectivity index (χ2v) is 4.36. The average Bonchev–Trinajstić information content (AvgIpc) is 3.05. The number of furan rings is 1. The van der Waals surface area contributed by atoms with Gasteiger partial charge >= 0.3 is 0 Å². The summed E-state index contributed by atoms with van der Waals surface area (Å²) in [5, 5.41) is 8.12. The van der Waals surface area contributed by atoms with Crippen molar-refractivity contribution in [2.24, 2.45) is 0 Å². The smallest absolute Gasteiger partial charge is 0.227 e. The molecular weight excluding hydrogens is 242 g/mol. The molecule has 0 bridgehead atoms. The molecule has 1 aromatic carbocycles. The lowest BCUT2D eigenvalue weighted by atomic mass is 10.2. The molecule has 0 unspecified atom stereocenters. The van der Waals surface area contributed by atoms with Gasteiger partial charge in [-0.25, -0.2) is 0 Å². The number of benzene rings is 1. The molecule has 0 spiro atoms. The Morgan fingerprint density at radius 1 is 1.26 bits per heavy atom. The molecule has 0 fully saturated rings. The first-order valence-corrected chi connectivity index (χ1v) is 6.32. The van der Waals surface area contributed by atoms with Gasteiger partial charge in [0, 0.05) is 11.8 Å². The van der Waals surface area contributed by atoms with Crippen LogP contribution in [0, 0.1) is 0 Å². The minimum absolute atomic E-state index is 0.587. The number of nitrogens with one attached hydrogen (secondary N) is 1. The molecule has 0 aliphatic carbocycles. The fraction of sp³-hybridized carbons (Fsp3) is 0.286. The highest BCUT2D eigenvalue weighted by molar-refractivity contribution is 5.91. The third-order valence-corrected chi connectivity index (χ3v) is 3.01. The van der Waals surface area contributed by atoms with Gasteiger partial charge in [-0.15, -0.1) is 0 Å². The largest absolute Gasteiger partial charge is 0.464 e. The van der Waals surface area contributed by atoms with E-state index in [4.69, 9.17) is 8.94 Å². The fourth-order valence-electron chi connectivity index (χ4n) is 2.03. The maximum atomic E-state index is 5.48. The minimum Gasteiger partial charge on any atom is -0.464 e. The Morgan fingerprint density at radius 2 is 2.16 bits per heavy atom. The second-order valence-electron chi connectivity index (χ2n) is 4.36. The molecule has 0 saturated heterocycles. The second kappa shape index (κ2) is 5.24. The average molecular weight is 257 g/mol. The van der Waals surface area contributed by atoms with Gasteiger partial charge in [0.15, 0.2) is 0 Å². The summed E-state index contributed by atoms with van der Waals surface area (Å²) in [5.74, 6) is 1.25. The number of rotatable bonds is 5. The van der Waals surface area contributed by atoms with E-state index in [1.807, 2.05) is 31.3 Å². The molecule has 0 saturated carbocycles. The Bertz CT molecular complexity index is 672. The van der Waals surface area contributed by atoms with Crippen LogP contribution in [0.4, 0.5) is 0 Å². The summed E-state index contributed by atoms with van der Waals surface area (Å²) in [5.41, 5.74) is 1.71. The molecule has 98 valence electrons. The van der Waals surface area contributed by atoms with Crippen LogP contribution in [-0.2, 0) is 6.42 Å². The van der Waals surface area contributed by atoms with Gasteiger partial charge in [-0.05, 0) is 26.1 Å². The number of aromatic nitrogens is 2. The lowest BCUT2D eigenvalue weighted by molar-refractivity contribution is 0.375. The quantitative estimate of drug-likeness (QED) is 0.712. The molecule has 0 aliphatic rings. The maximum absolute atomic E-state index is 5.48. The molecule has 0 aliphatic heterocycles. The molecule has 2 heterocycles. The SMILES string of the molecule is CNCCCc1nc(-c2coc3ccccc23)no1. The van der Waals surface area contributed by atoms with Crippen molar-refractivity contribution in [1.82, 2.24) is 15.5 Å². The van der Waals surface area contributed by atoms with Crippen molar-refractivity contribution < 1.29 is 8.94 Å². The molecular formula is C14H15N3O2. The number of nitrogens with zero attached hydrogens (tertiary/aromatic N) is 2. The number of para-hydroxylation sites is 1. The molecule has 0 amide bonds. The van der Waals surface area contributed by atoms with E-state index < -0.39 is 0 Å². The minimum atomic E-state index is 0.587. The summed E-state index contributed by atoms with van der Waals surface area (Å²) in [4.78, 5) is 4.41. The normalized spacial score (nSPS) is 11.2. The molecule has 5 nitrogen and oxygen atoms in total. The van der Waals surface area contributed by atoms with Gasteiger partial charge in [-0.1, -0.05) is 23.4 Å². The van der Waals surface area contributed by atoms with Crippen LogP contribution in [0.3, 0.4) is 0 Å². The first-order valence-electron chi connectivity index (χ1n) is 6.32. The van der Waals surface area contributed by atoms with E-state index in [1.165, 1.54) is 0 Å². The summed E-state index contributed by atoms with van der Waals surface area (Å²) in [6.45, 7) is 0.937. The van der Waals surface area contributed by atoms with Gasteiger partial charge in [0.1, 0.15) is 11.8 Å². The molecule has 0 atom stereocenters. The zero-order chi connectivity index (χ0) is 13.1. The summed E-state index contributed by atoms with van der Waals surface area (Å²) in [6, 6.07) is 7.82. The van der Waals surface area contributed by atoms with E-state index in [-0.39, 0.29) is 0 Å². The highest BCUT2D eigenvalue weighted by atomic mass is 16.5. The highest BCUT2D eigenvalue weighted by Crippen LogP contribution is 2.28. The topological polar surface area (TPSA) is 64.1 Å². The lowest BCUT2D eigenvalue weighted by Gasteiger charge is -1.93. The van der Waals surface area contributed by atoms with Crippen molar-refractivity contribution >= 4 is 11.0 Å². The van der Waals surface area contributed by atoms with Crippen LogP contribution >= 0.6 is 0 Å². The predicted octanol–water partition coefficient (Wildman–Crippen LogP) is 2.63. The number of aryl methyl sites for hydroxylation is 1. The van der Waals surface area contributed by atoms with Crippen LogP contribution < -0.4 is 5.32 Å². The Hall–Kier alpha value is -2.14. The molecule has 5 heteroatoms. The van der Waals surface area contributed by atoms with Gasteiger partial charge in [-0.2, -0.15) is 4.98 Å². The molecule has 3 aromatic rings. The van der Waals surface area contributed by atoms with Crippen molar-refractivity contribution in [3.05, 3.63) is 36.4 Å². The van der Waals surface area contributed by atoms with Crippen LogP contribution in [-0.4, -0.2) is 23.7 Å². The molecule has 19 heavy (non-hydrogen) atoms. The summed E-state index contributed by atoms with van der Waals surface area (Å²) < 4.78 is 10.7. The predicted molar refractivity (Wildman–Crippen MR) is 71.8 cm³/mol. The maximum Gasteiger partial charge on any atom is 0.227 e. The van der Waals surface area contributed by atoms with Crippen molar-refractivity contribution in [2.75, 3.05) is 13.6 Å². The van der Waals surface area contributed by atoms with Crippen molar-refractivity contribution in [3.8, 4) is 11.4 Å². The Balaban J connectivity index is 1.86. The number of hydrogen-bond acceptors (Lipinski definition) is 5. The highest BCUT2D eigenvalue weighted by Gasteiger charge is 2.13. The van der Waals surface area contributed by atoms with Crippen molar-refractivity contribution in [2.45, 2.75) is 12.8 Å². The molecule has 0 radical (unpaired) electrons. The van der Waals surface area contributed by atoms with Gasteiger partial charge in [0.2, 0.25) is 11.7 Å². The zero-order valence-corrected chi connectivity index (χ0v) is 10.7. The third kappa shape index (κ3) is 2.37.